The number of methoxy groups -OCH3 is 1. The molecule has 0 saturated carbocycles. The van der Waals surface area contributed by atoms with E-state index in [-0.39, 0.29) is 35.6 Å². The third kappa shape index (κ3) is 5.77. The molecule has 2 aliphatic heterocycles. The van der Waals surface area contributed by atoms with Crippen LogP contribution in [0, 0.1) is 11.7 Å². The molecule has 2 saturated heterocycles. The lowest BCUT2D eigenvalue weighted by Crippen LogP contribution is -2.59. The molecule has 0 aliphatic carbocycles. The third-order valence-electron chi connectivity index (χ3n) is 8.20. The van der Waals surface area contributed by atoms with Gasteiger partial charge in [-0.05, 0) is 42.7 Å². The van der Waals surface area contributed by atoms with Crippen LogP contribution in [0.15, 0.2) is 59.4 Å². The topological polar surface area (TPSA) is 116 Å². The van der Waals surface area contributed by atoms with Gasteiger partial charge in [-0.25, -0.2) is 9.49 Å². The fourth-order valence-electron chi connectivity index (χ4n) is 5.95. The molecule has 3 heterocycles. The highest BCUT2D eigenvalue weighted by molar-refractivity contribution is 6.30. The van der Waals surface area contributed by atoms with Crippen LogP contribution in [0.1, 0.15) is 24.3 Å². The van der Waals surface area contributed by atoms with Crippen molar-refractivity contribution in [2.24, 2.45) is 5.92 Å². The number of carbonyl (C=O) groups is 2. The molecule has 0 radical (unpaired) electrons. The van der Waals surface area contributed by atoms with Gasteiger partial charge in [0, 0.05) is 54.8 Å². The van der Waals surface area contributed by atoms with Gasteiger partial charge in [-0.1, -0.05) is 17.7 Å². The van der Waals surface area contributed by atoms with E-state index in [0.717, 1.165) is 0 Å². The Bertz CT molecular complexity index is 1460. The van der Waals surface area contributed by atoms with E-state index in [1.54, 1.807) is 47.4 Å². The smallest absolute Gasteiger partial charge is 0.497 e. The van der Waals surface area contributed by atoms with Gasteiger partial charge < -0.3 is 19.6 Å². The molecule has 3 aromatic rings. The van der Waals surface area contributed by atoms with Crippen molar-refractivity contribution < 1.29 is 23.8 Å². The number of amides is 2. The monoisotopic (exact) mass is 584 g/mol. The fourth-order valence-corrected chi connectivity index (χ4v) is 6.07. The van der Waals surface area contributed by atoms with Gasteiger partial charge in [-0.2, -0.15) is 14.4 Å². The van der Waals surface area contributed by atoms with Gasteiger partial charge in [0.1, 0.15) is 29.6 Å². The van der Waals surface area contributed by atoms with E-state index in [2.05, 4.69) is 10.2 Å². The molecule has 41 heavy (non-hydrogen) atoms. The Morgan fingerprint density at radius 2 is 1.85 bits per heavy atom. The van der Waals surface area contributed by atoms with Crippen molar-refractivity contribution in [1.29, 1.82) is 0 Å². The number of aromatic nitrogens is 2. The predicted octanol–water partition coefficient (Wildman–Crippen LogP) is 4.10. The van der Waals surface area contributed by atoms with E-state index < -0.39 is 23.7 Å². The maximum Gasteiger partial charge on any atom is 0.518 e. The second-order valence-corrected chi connectivity index (χ2v) is 10.9. The number of nitrogens with zero attached hydrogens (tertiary/aromatic N) is 4. The predicted molar refractivity (Wildman–Crippen MR) is 153 cm³/mol. The number of hydrogen-bond donors (Lipinski definition) is 2. The Balaban J connectivity index is 1.44. The van der Waals surface area contributed by atoms with Crippen molar-refractivity contribution in [3.05, 3.63) is 81.4 Å². The SMILES string of the molecule is COc1ccc([C@@H]2CN(c3ccc(=O)[nH]n3)C[C@H]2C(=O)N2CCCC[N+](C(=O)O)(c3ccc(Cl)cc3)CC2)c(F)c1. The molecule has 2 aliphatic rings. The molecule has 3 atom stereocenters. The number of hydrogen-bond acceptors (Lipinski definition) is 6. The summed E-state index contributed by atoms with van der Waals surface area (Å²) in [6.45, 7) is 1.85. The quantitative estimate of drug-likeness (QED) is 0.434. The normalized spacial score (nSPS) is 23.1. The molecule has 0 spiro atoms. The first-order valence-corrected chi connectivity index (χ1v) is 13.9. The Hall–Kier alpha value is -3.96. The van der Waals surface area contributed by atoms with E-state index in [1.807, 2.05) is 4.90 Å². The highest BCUT2D eigenvalue weighted by atomic mass is 35.5. The number of quaternary nitrogens is 1. The van der Waals surface area contributed by atoms with Gasteiger partial charge in [-0.3, -0.25) is 9.59 Å². The molecule has 2 aromatic carbocycles. The number of carbonyl (C=O) groups excluding carboxylic acids is 1. The van der Waals surface area contributed by atoms with Crippen molar-refractivity contribution in [1.82, 2.24) is 19.6 Å². The number of ether oxygens (including phenoxy) is 1. The largest absolute Gasteiger partial charge is 0.518 e. The number of carboxylic acid groups (broad SMARTS) is 1. The lowest BCUT2D eigenvalue weighted by molar-refractivity contribution is -0.135. The Kier molecular flexibility index (Phi) is 8.27. The molecule has 1 unspecified atom stereocenters. The van der Waals surface area contributed by atoms with E-state index >= 15 is 4.39 Å². The lowest BCUT2D eigenvalue weighted by atomic mass is 9.87. The molecule has 5 rings (SSSR count). The summed E-state index contributed by atoms with van der Waals surface area (Å²) in [7, 11) is 1.46. The van der Waals surface area contributed by atoms with Crippen LogP contribution in [-0.2, 0) is 4.79 Å². The number of aromatic amines is 1. The Morgan fingerprint density at radius 1 is 1.07 bits per heavy atom. The van der Waals surface area contributed by atoms with E-state index in [9.17, 15) is 19.5 Å². The molecule has 1 aromatic heterocycles. The Morgan fingerprint density at radius 3 is 2.51 bits per heavy atom. The number of benzene rings is 2. The van der Waals surface area contributed by atoms with Crippen molar-refractivity contribution >= 4 is 35.1 Å². The van der Waals surface area contributed by atoms with Gasteiger partial charge in [0.15, 0.2) is 0 Å². The van der Waals surface area contributed by atoms with Crippen molar-refractivity contribution in [3.8, 4) is 5.75 Å². The van der Waals surface area contributed by atoms with Crippen molar-refractivity contribution in [2.45, 2.75) is 18.8 Å². The summed E-state index contributed by atoms with van der Waals surface area (Å²) in [5.41, 5.74) is 0.644. The van der Waals surface area contributed by atoms with Crippen molar-refractivity contribution in [2.75, 3.05) is 51.3 Å². The molecule has 2 N–H and O–H groups in total. The molecule has 0 bridgehead atoms. The van der Waals surface area contributed by atoms with Crippen LogP contribution in [0.25, 0.3) is 0 Å². The first kappa shape index (κ1) is 28.6. The average molecular weight is 585 g/mol. The maximum absolute atomic E-state index is 15.3. The number of halogens is 2. The maximum atomic E-state index is 15.3. The molecule has 2 amide bonds. The highest BCUT2D eigenvalue weighted by Gasteiger charge is 2.45. The van der Waals surface area contributed by atoms with Gasteiger partial charge in [-0.15, -0.1) is 0 Å². The zero-order chi connectivity index (χ0) is 29.1. The van der Waals surface area contributed by atoms with E-state index in [1.165, 1.54) is 19.2 Å². The summed E-state index contributed by atoms with van der Waals surface area (Å²) in [6.07, 6.45) is 0.246. The summed E-state index contributed by atoms with van der Waals surface area (Å²) in [5.74, 6) is -0.897. The zero-order valence-electron chi connectivity index (χ0n) is 22.6. The first-order valence-electron chi connectivity index (χ1n) is 13.5. The zero-order valence-corrected chi connectivity index (χ0v) is 23.4. The fraction of sp³-hybridized carbons (Fsp3) is 0.379. The van der Waals surface area contributed by atoms with Gasteiger partial charge in [0.2, 0.25) is 5.91 Å². The van der Waals surface area contributed by atoms with Crippen LogP contribution >= 0.6 is 11.6 Å². The minimum absolute atomic E-state index is 0.168. The standard InChI is InChI=1S/C29H31ClFN5O5/c1-41-21-8-9-22(25(31)16-21)23-17-35(26-10-11-27(37)33-32-26)18-24(23)28(38)34-12-2-3-14-36(15-13-34,29(39)40)20-6-4-19(30)5-7-20/h4-11,16,23-24H,2-3,12-15,17-18H2,1H3,(H-,33,37,39,40)/p+1/t23-,24+,36?/m0/s1. The first-order chi connectivity index (χ1) is 19.7. The van der Waals surface area contributed by atoms with E-state index in [4.69, 9.17) is 16.3 Å². The summed E-state index contributed by atoms with van der Waals surface area (Å²) >= 11 is 6.06. The number of nitrogens with one attached hydrogen (secondary N) is 1. The number of anilines is 1. The van der Waals surface area contributed by atoms with Crippen LogP contribution in [-0.4, -0.2) is 78.6 Å². The lowest BCUT2D eigenvalue weighted by Gasteiger charge is -2.37. The average Bonchev–Trinajstić information content (AvgIpc) is 3.39. The highest BCUT2D eigenvalue weighted by Crippen LogP contribution is 2.38. The molecule has 2 fully saturated rings. The molecular formula is C29H32ClFN5O5+. The van der Waals surface area contributed by atoms with Crippen molar-refractivity contribution in [3.63, 3.8) is 0 Å². The number of H-pyrrole nitrogens is 1. The number of rotatable bonds is 5. The minimum Gasteiger partial charge on any atom is -0.497 e. The molecular weight excluding hydrogens is 553 g/mol. The summed E-state index contributed by atoms with van der Waals surface area (Å²) in [6, 6.07) is 14.3. The molecule has 12 heteroatoms. The van der Waals surface area contributed by atoms with E-state index in [0.29, 0.717) is 60.3 Å². The second-order valence-electron chi connectivity index (χ2n) is 10.5. The summed E-state index contributed by atoms with van der Waals surface area (Å²) < 4.78 is 20.2. The van der Waals surface area contributed by atoms with Crippen LogP contribution in [0.5, 0.6) is 5.75 Å². The van der Waals surface area contributed by atoms with Crippen LogP contribution in [0.3, 0.4) is 0 Å². The minimum atomic E-state index is -0.990. The third-order valence-corrected chi connectivity index (χ3v) is 8.45. The molecule has 216 valence electrons. The van der Waals surface area contributed by atoms with Gasteiger partial charge in [0.25, 0.3) is 5.56 Å². The van der Waals surface area contributed by atoms with Gasteiger partial charge >= 0.3 is 6.09 Å². The molecule has 10 nitrogen and oxygen atoms in total. The summed E-state index contributed by atoms with van der Waals surface area (Å²) in [4.78, 5) is 42.0. The van der Waals surface area contributed by atoms with Crippen LogP contribution < -0.4 is 19.7 Å². The summed E-state index contributed by atoms with van der Waals surface area (Å²) in [5, 5.41) is 17.4. The Labute approximate surface area is 241 Å². The van der Waals surface area contributed by atoms with Crippen LogP contribution in [0.4, 0.5) is 20.7 Å². The van der Waals surface area contributed by atoms with Crippen LogP contribution in [0.2, 0.25) is 5.02 Å². The van der Waals surface area contributed by atoms with Gasteiger partial charge in [0.05, 0.1) is 26.1 Å². The second kappa shape index (κ2) is 11.9.